The summed E-state index contributed by atoms with van der Waals surface area (Å²) in [6.07, 6.45) is -17.8. The second-order valence-corrected chi connectivity index (χ2v) is 23.4. The highest BCUT2D eigenvalue weighted by molar-refractivity contribution is 5.87. The largest absolute Gasteiger partial charge is 0.479 e. The molecule has 0 aromatic heterocycles. The molecule has 18 nitrogen and oxygen atoms in total. The van der Waals surface area contributed by atoms with E-state index in [0.29, 0.717) is 25.0 Å². The second-order valence-electron chi connectivity index (χ2n) is 23.4. The Morgan fingerprint density at radius 2 is 1.35 bits per heavy atom. The van der Waals surface area contributed by atoms with E-state index < -0.39 is 116 Å². The van der Waals surface area contributed by atoms with E-state index >= 15 is 0 Å². The average molecular weight is 941 g/mol. The number of fused-ring (bicyclic) bond motifs is 7. The number of aliphatic carboxylic acids is 1. The van der Waals surface area contributed by atoms with Gasteiger partial charge in [-0.3, -0.25) is 4.79 Å². The Bertz CT molecular complexity index is 1860. The zero-order valence-electron chi connectivity index (χ0n) is 39.6. The summed E-state index contributed by atoms with van der Waals surface area (Å²) in [6.45, 7) is 16.0. The van der Waals surface area contributed by atoms with Crippen molar-refractivity contribution in [2.45, 2.75) is 211 Å². The number of aliphatic hydroxyl groups excluding tert-OH is 9. The van der Waals surface area contributed by atoms with Gasteiger partial charge in [0, 0.05) is 17.3 Å². The molecule has 5 aliphatic carbocycles. The Kier molecular flexibility index (Phi) is 13.5. The van der Waals surface area contributed by atoms with E-state index in [2.05, 4.69) is 47.6 Å². The first-order valence-corrected chi connectivity index (χ1v) is 24.1. The van der Waals surface area contributed by atoms with E-state index in [1.807, 2.05) is 6.92 Å². The zero-order chi connectivity index (χ0) is 48.4. The van der Waals surface area contributed by atoms with Crippen molar-refractivity contribution in [3.63, 3.8) is 0 Å². The first-order chi connectivity index (χ1) is 30.7. The van der Waals surface area contributed by atoms with Crippen LogP contribution in [0.1, 0.15) is 113 Å². The number of ether oxygens (including phenoxy) is 6. The predicted molar refractivity (Wildman–Crippen MR) is 230 cm³/mol. The molecule has 8 aliphatic rings. The summed E-state index contributed by atoms with van der Waals surface area (Å²) in [5.41, 5.74) is -0.509. The van der Waals surface area contributed by atoms with Crippen molar-refractivity contribution in [3.05, 3.63) is 11.6 Å². The molecular formula is C48H76O18. The molecule has 10 N–H and O–H groups in total. The molecule has 0 bridgehead atoms. The third kappa shape index (κ3) is 7.70. The molecule has 0 radical (unpaired) electrons. The number of hydrogen-bond donors (Lipinski definition) is 10. The summed E-state index contributed by atoms with van der Waals surface area (Å²) >= 11 is 0. The van der Waals surface area contributed by atoms with Gasteiger partial charge in [0.1, 0.15) is 66.8 Å². The molecule has 3 aliphatic heterocycles. The summed E-state index contributed by atoms with van der Waals surface area (Å²) in [5.74, 6) is -0.928. The van der Waals surface area contributed by atoms with E-state index in [1.54, 1.807) is 0 Å². The van der Waals surface area contributed by atoms with Gasteiger partial charge in [-0.25, -0.2) is 4.79 Å². The maximum Gasteiger partial charge on any atom is 0.335 e. The normalized spacial score (nSPS) is 54.8. The van der Waals surface area contributed by atoms with Crippen LogP contribution in [-0.4, -0.2) is 174 Å². The number of Topliss-reactive ketones (excluding diaryl/α,β-unsaturated/α-hetero) is 1. The molecule has 18 heteroatoms. The van der Waals surface area contributed by atoms with Crippen LogP contribution in [0.3, 0.4) is 0 Å². The molecule has 0 amide bonds. The van der Waals surface area contributed by atoms with Crippen LogP contribution in [0.4, 0.5) is 0 Å². The molecule has 376 valence electrons. The molecule has 0 aromatic rings. The van der Waals surface area contributed by atoms with Crippen LogP contribution >= 0.6 is 0 Å². The first kappa shape index (κ1) is 50.7. The van der Waals surface area contributed by atoms with Gasteiger partial charge in [-0.2, -0.15) is 0 Å². The van der Waals surface area contributed by atoms with Gasteiger partial charge in [0.15, 0.2) is 25.0 Å². The molecule has 8 rings (SSSR count). The number of aliphatic hydroxyl groups is 9. The van der Waals surface area contributed by atoms with Crippen molar-refractivity contribution >= 4 is 11.8 Å². The highest BCUT2D eigenvalue weighted by atomic mass is 16.8. The number of rotatable bonds is 9. The van der Waals surface area contributed by atoms with Gasteiger partial charge >= 0.3 is 5.97 Å². The lowest BCUT2D eigenvalue weighted by Crippen LogP contribution is -2.68. The topological polar surface area (TPSA) is 292 Å². The summed E-state index contributed by atoms with van der Waals surface area (Å²) in [7, 11) is 0. The summed E-state index contributed by atoms with van der Waals surface area (Å²) in [6, 6.07) is 0. The summed E-state index contributed by atoms with van der Waals surface area (Å²) in [4.78, 5) is 26.3. The van der Waals surface area contributed by atoms with Gasteiger partial charge in [-0.05, 0) is 97.7 Å². The standard InChI is InChI=1S/C48H76O18/c1-21-29(52)31(54)35(58)40(61-21)65-37-32(55)30(53)24(19-49)62-41(37)66-38-34(57)33(56)36(39(59)60)64-42(38)63-28-12-13-45(5)25(46(28,6)20-50)11-14-48(8)26(45)10-9-22-23-17-43(2,3)18-27(51)44(23,4)15-16-47(22,48)7/h9,21,23-26,28-38,40-42,49-50,52-58H,10-20H2,1-8H3,(H,59,60)/t21-,23?,24+,25?,26?,28-,29-,30+,31+,32-,33-,34-,35+,36-,37+,38+,40-,41-,42+,44+,45-,46+,47+,48+/m0/s1. The third-order valence-corrected chi connectivity index (χ3v) is 19.2. The van der Waals surface area contributed by atoms with Crippen molar-refractivity contribution in [2.75, 3.05) is 13.2 Å². The number of carboxylic acid groups (broad SMARTS) is 1. The molecular weight excluding hydrogens is 865 g/mol. The predicted octanol–water partition coefficient (Wildman–Crippen LogP) is 0.913. The number of allylic oxidation sites excluding steroid dienone is 2. The Morgan fingerprint density at radius 3 is 1.98 bits per heavy atom. The van der Waals surface area contributed by atoms with Gasteiger partial charge in [-0.15, -0.1) is 0 Å². The van der Waals surface area contributed by atoms with Crippen molar-refractivity contribution < 1.29 is 89.1 Å². The van der Waals surface area contributed by atoms with E-state index in [0.717, 1.165) is 38.5 Å². The number of ketones is 1. The molecule has 3 saturated heterocycles. The monoisotopic (exact) mass is 941 g/mol. The van der Waals surface area contributed by atoms with Crippen molar-refractivity contribution in [1.82, 2.24) is 0 Å². The molecule has 3 heterocycles. The van der Waals surface area contributed by atoms with Gasteiger partial charge in [0.25, 0.3) is 0 Å². The van der Waals surface area contributed by atoms with E-state index in [1.165, 1.54) is 12.5 Å². The Hall–Kier alpha value is -1.72. The lowest BCUT2D eigenvalue weighted by Gasteiger charge is -2.71. The SMILES string of the molecule is C[C@@H]1O[C@@H](O[C@H]2[C@H](O[C@H]3[C@H](O[C@H]4CC[C@@]5(C)C(CC[C@]6(C)C5CC=C5C7CC(C)(C)CC(=O)[C@]7(C)CC[C@]56C)[C@@]4(C)CO)O[C@H](C(=O)O)[C@@H](O)[C@@H]3O)O[C@H](CO)[C@@H](O)[C@@H]2O)[C@H](O)[C@H](O)[C@H]1O. The minimum atomic E-state index is -2.07. The minimum absolute atomic E-state index is 0.0830. The van der Waals surface area contributed by atoms with Crippen molar-refractivity contribution in [2.24, 2.45) is 50.2 Å². The maximum absolute atomic E-state index is 13.8. The molecule has 7 fully saturated rings. The number of carbonyl (C=O) groups is 2. The number of carboxylic acids is 1. The Morgan fingerprint density at radius 1 is 0.712 bits per heavy atom. The molecule has 0 spiro atoms. The Labute approximate surface area is 386 Å². The quantitative estimate of drug-likeness (QED) is 0.114. The average Bonchev–Trinajstić information content (AvgIpc) is 3.25. The lowest BCUT2D eigenvalue weighted by atomic mass is 9.33. The van der Waals surface area contributed by atoms with Crippen molar-refractivity contribution in [1.29, 1.82) is 0 Å². The highest BCUT2D eigenvalue weighted by Crippen LogP contribution is 2.75. The fourth-order valence-corrected chi connectivity index (χ4v) is 14.9. The van der Waals surface area contributed by atoms with Crippen LogP contribution < -0.4 is 0 Å². The molecule has 24 atom stereocenters. The summed E-state index contributed by atoms with van der Waals surface area (Å²) in [5, 5.41) is 108. The van der Waals surface area contributed by atoms with E-state index in [-0.39, 0.29) is 51.4 Å². The fourth-order valence-electron chi connectivity index (χ4n) is 14.9. The zero-order valence-corrected chi connectivity index (χ0v) is 39.6. The van der Waals surface area contributed by atoms with Crippen LogP contribution in [0.15, 0.2) is 11.6 Å². The van der Waals surface area contributed by atoms with Gasteiger partial charge in [0.05, 0.1) is 25.4 Å². The van der Waals surface area contributed by atoms with Crippen LogP contribution in [-0.2, 0) is 38.0 Å². The number of hydrogen-bond acceptors (Lipinski definition) is 17. The Balaban J connectivity index is 1.08. The van der Waals surface area contributed by atoms with Crippen molar-refractivity contribution in [3.8, 4) is 0 Å². The first-order valence-electron chi connectivity index (χ1n) is 24.1. The molecule has 66 heavy (non-hydrogen) atoms. The lowest BCUT2D eigenvalue weighted by molar-refractivity contribution is -0.396. The highest BCUT2D eigenvalue weighted by Gasteiger charge is 2.70. The maximum atomic E-state index is 13.8. The van der Waals surface area contributed by atoms with Crippen LogP contribution in [0.2, 0.25) is 0 Å². The molecule has 3 unspecified atom stereocenters. The molecule has 0 aromatic carbocycles. The smallest absolute Gasteiger partial charge is 0.335 e. The molecule has 4 saturated carbocycles. The van der Waals surface area contributed by atoms with E-state index in [4.69, 9.17) is 28.4 Å². The van der Waals surface area contributed by atoms with Crippen LogP contribution in [0.25, 0.3) is 0 Å². The van der Waals surface area contributed by atoms with Gasteiger partial charge < -0.3 is 79.5 Å². The van der Waals surface area contributed by atoms with Crippen LogP contribution in [0, 0.1) is 50.2 Å². The third-order valence-electron chi connectivity index (χ3n) is 19.2. The van der Waals surface area contributed by atoms with Gasteiger partial charge in [0.2, 0.25) is 0 Å². The van der Waals surface area contributed by atoms with Crippen LogP contribution in [0.5, 0.6) is 0 Å². The number of carbonyl (C=O) groups excluding carboxylic acids is 1. The fraction of sp³-hybridized carbons (Fsp3) is 0.917. The van der Waals surface area contributed by atoms with E-state index in [9.17, 15) is 60.7 Å². The minimum Gasteiger partial charge on any atom is -0.479 e. The summed E-state index contributed by atoms with van der Waals surface area (Å²) < 4.78 is 36.2. The van der Waals surface area contributed by atoms with Gasteiger partial charge in [-0.1, -0.05) is 60.1 Å². The second kappa shape index (κ2) is 17.5.